The summed E-state index contributed by atoms with van der Waals surface area (Å²) in [5, 5.41) is 3.07. The van der Waals surface area contributed by atoms with Crippen molar-refractivity contribution in [2.75, 3.05) is 32.8 Å². The van der Waals surface area contributed by atoms with Crippen molar-refractivity contribution in [2.45, 2.75) is 42.9 Å². The lowest BCUT2D eigenvalue weighted by Crippen LogP contribution is -2.44. The number of piperidine rings is 1. The van der Waals surface area contributed by atoms with Crippen LogP contribution in [0.25, 0.3) is 0 Å². The molecule has 2 aromatic carbocycles. The predicted molar refractivity (Wildman–Crippen MR) is 124 cm³/mol. The molecule has 0 bridgehead atoms. The van der Waals surface area contributed by atoms with Gasteiger partial charge in [0.1, 0.15) is 0 Å². The number of hydrogen-bond acceptors (Lipinski definition) is 4. The van der Waals surface area contributed by atoms with Crippen molar-refractivity contribution in [3.05, 3.63) is 65.7 Å². The molecule has 2 aliphatic heterocycles. The van der Waals surface area contributed by atoms with Crippen LogP contribution in [-0.2, 0) is 20.2 Å². The van der Waals surface area contributed by atoms with Crippen LogP contribution in [0.15, 0.2) is 59.5 Å². The molecule has 2 aromatic rings. The van der Waals surface area contributed by atoms with E-state index >= 15 is 0 Å². The number of rotatable bonds is 6. The molecule has 0 spiro atoms. The first-order valence-electron chi connectivity index (χ1n) is 11.4. The lowest BCUT2D eigenvalue weighted by atomic mass is 9.74. The highest BCUT2D eigenvalue weighted by Crippen LogP contribution is 2.34. The minimum Gasteiger partial charge on any atom is -0.381 e. The maximum absolute atomic E-state index is 13.1. The molecule has 0 aliphatic carbocycles. The molecule has 0 saturated carbocycles. The molecule has 0 radical (unpaired) electrons. The van der Waals surface area contributed by atoms with Crippen LogP contribution in [0.4, 0.5) is 0 Å². The van der Waals surface area contributed by atoms with Gasteiger partial charge in [-0.3, -0.25) is 4.79 Å². The smallest absolute Gasteiger partial charge is 0.251 e. The van der Waals surface area contributed by atoms with Crippen molar-refractivity contribution in [2.24, 2.45) is 5.92 Å². The molecule has 6 nitrogen and oxygen atoms in total. The van der Waals surface area contributed by atoms with E-state index in [4.69, 9.17) is 4.74 Å². The second-order valence-electron chi connectivity index (χ2n) is 9.06. The third-order valence-electron chi connectivity index (χ3n) is 6.90. The quantitative estimate of drug-likeness (QED) is 0.721. The zero-order valence-electron chi connectivity index (χ0n) is 18.6. The molecule has 7 heteroatoms. The summed E-state index contributed by atoms with van der Waals surface area (Å²) in [5.74, 6) is 0.289. The van der Waals surface area contributed by atoms with Gasteiger partial charge in [-0.2, -0.15) is 4.31 Å². The van der Waals surface area contributed by atoms with Crippen LogP contribution in [0.3, 0.4) is 0 Å². The number of ether oxygens (including phenoxy) is 1. The van der Waals surface area contributed by atoms with Gasteiger partial charge in [0, 0.05) is 43.8 Å². The van der Waals surface area contributed by atoms with Gasteiger partial charge < -0.3 is 10.1 Å². The molecule has 2 heterocycles. The van der Waals surface area contributed by atoms with Gasteiger partial charge in [0.05, 0.1) is 4.90 Å². The Balaban J connectivity index is 1.49. The normalized spacial score (nSPS) is 20.0. The van der Waals surface area contributed by atoms with Crippen molar-refractivity contribution in [3.63, 3.8) is 0 Å². The van der Waals surface area contributed by atoms with Crippen molar-refractivity contribution in [1.82, 2.24) is 9.62 Å². The zero-order valence-corrected chi connectivity index (χ0v) is 19.4. The van der Waals surface area contributed by atoms with E-state index in [0.717, 1.165) is 25.7 Å². The number of carbonyl (C=O) groups is 1. The first-order valence-corrected chi connectivity index (χ1v) is 12.9. The van der Waals surface area contributed by atoms with E-state index in [1.54, 1.807) is 18.2 Å². The van der Waals surface area contributed by atoms with E-state index in [2.05, 4.69) is 24.4 Å². The van der Waals surface area contributed by atoms with Gasteiger partial charge in [0.25, 0.3) is 5.91 Å². The third kappa shape index (κ3) is 4.90. The fraction of sp³-hybridized carbons (Fsp3) is 0.480. The molecular weight excluding hydrogens is 424 g/mol. The lowest BCUT2D eigenvalue weighted by Gasteiger charge is -2.38. The topological polar surface area (TPSA) is 75.7 Å². The Morgan fingerprint density at radius 3 is 2.44 bits per heavy atom. The number of benzene rings is 2. The summed E-state index contributed by atoms with van der Waals surface area (Å²) in [6.45, 7) is 5.01. The average Bonchev–Trinajstić information content (AvgIpc) is 2.84. The third-order valence-corrected chi connectivity index (χ3v) is 8.79. The van der Waals surface area contributed by atoms with Crippen LogP contribution in [0.5, 0.6) is 0 Å². The summed E-state index contributed by atoms with van der Waals surface area (Å²) >= 11 is 0. The summed E-state index contributed by atoms with van der Waals surface area (Å²) in [4.78, 5) is 13.2. The van der Waals surface area contributed by atoms with E-state index < -0.39 is 10.0 Å². The standard InChI is InChI=1S/C25H32N2O4S/c1-20-10-14-27(15-11-20)32(29,30)23-9-5-6-21(18-23)24(28)26-19-25(12-16-31-17-13-25)22-7-3-2-4-8-22/h2-9,18,20H,10-17,19H2,1H3,(H,26,28). The minimum absolute atomic E-state index is 0.177. The van der Waals surface area contributed by atoms with Crippen LogP contribution in [0, 0.1) is 5.92 Å². The maximum Gasteiger partial charge on any atom is 0.251 e. The molecule has 2 saturated heterocycles. The Morgan fingerprint density at radius 2 is 1.75 bits per heavy atom. The summed E-state index contributed by atoms with van der Waals surface area (Å²) in [7, 11) is -3.60. The van der Waals surface area contributed by atoms with E-state index in [1.165, 1.54) is 15.9 Å². The Labute approximate surface area is 191 Å². The van der Waals surface area contributed by atoms with Gasteiger partial charge in [-0.05, 0) is 55.4 Å². The lowest BCUT2D eigenvalue weighted by molar-refractivity contribution is 0.0487. The highest BCUT2D eigenvalue weighted by Gasteiger charge is 2.35. The van der Waals surface area contributed by atoms with Crippen molar-refractivity contribution < 1.29 is 17.9 Å². The van der Waals surface area contributed by atoms with Gasteiger partial charge >= 0.3 is 0 Å². The number of carbonyl (C=O) groups excluding carboxylic acids is 1. The zero-order chi connectivity index (χ0) is 22.6. The van der Waals surface area contributed by atoms with Crippen LogP contribution in [0.1, 0.15) is 48.5 Å². The molecule has 0 unspecified atom stereocenters. The fourth-order valence-corrected chi connectivity index (χ4v) is 6.16. The van der Waals surface area contributed by atoms with Crippen LogP contribution in [-0.4, -0.2) is 51.5 Å². The van der Waals surface area contributed by atoms with Crippen LogP contribution >= 0.6 is 0 Å². The number of hydrogen-bond donors (Lipinski definition) is 1. The van der Waals surface area contributed by atoms with Gasteiger partial charge in [-0.1, -0.05) is 43.3 Å². The number of nitrogens with one attached hydrogen (secondary N) is 1. The highest BCUT2D eigenvalue weighted by molar-refractivity contribution is 7.89. The van der Waals surface area contributed by atoms with Gasteiger partial charge in [0.2, 0.25) is 10.0 Å². The van der Waals surface area contributed by atoms with Crippen molar-refractivity contribution in [1.29, 1.82) is 0 Å². The number of amides is 1. The van der Waals surface area contributed by atoms with Gasteiger partial charge in [-0.15, -0.1) is 0 Å². The van der Waals surface area contributed by atoms with Crippen LogP contribution in [0.2, 0.25) is 0 Å². The van der Waals surface area contributed by atoms with Gasteiger partial charge in [0.15, 0.2) is 0 Å². The Kier molecular flexibility index (Phi) is 6.98. The van der Waals surface area contributed by atoms with Crippen LogP contribution < -0.4 is 5.32 Å². The second-order valence-corrected chi connectivity index (χ2v) is 11.0. The Morgan fingerprint density at radius 1 is 1.06 bits per heavy atom. The van der Waals surface area contributed by atoms with E-state index in [1.807, 2.05) is 18.2 Å². The fourth-order valence-electron chi connectivity index (χ4n) is 4.65. The predicted octanol–water partition coefficient (Wildman–Crippen LogP) is 3.59. The average molecular weight is 457 g/mol. The summed E-state index contributed by atoms with van der Waals surface area (Å²) in [5.41, 5.74) is 1.38. The Hall–Kier alpha value is -2.22. The first-order chi connectivity index (χ1) is 15.4. The largest absolute Gasteiger partial charge is 0.381 e. The molecule has 1 amide bonds. The van der Waals surface area contributed by atoms with Gasteiger partial charge in [-0.25, -0.2) is 8.42 Å². The molecule has 1 N–H and O–H groups in total. The molecule has 0 atom stereocenters. The Bertz CT molecular complexity index is 1020. The summed E-state index contributed by atoms with van der Waals surface area (Å²) < 4.78 is 33.3. The second kappa shape index (κ2) is 9.73. The molecule has 2 aliphatic rings. The van der Waals surface area contributed by atoms with E-state index in [-0.39, 0.29) is 16.2 Å². The number of sulfonamides is 1. The maximum atomic E-state index is 13.1. The molecule has 172 valence electrons. The molecular formula is C25H32N2O4S. The SMILES string of the molecule is CC1CCN(S(=O)(=O)c2cccc(C(=O)NCC3(c4ccccc4)CCOCC3)c2)CC1. The first kappa shape index (κ1) is 23.0. The number of nitrogens with zero attached hydrogens (tertiary/aromatic N) is 1. The molecule has 4 rings (SSSR count). The minimum atomic E-state index is -3.60. The molecule has 2 fully saturated rings. The summed E-state index contributed by atoms with van der Waals surface area (Å²) in [6, 6.07) is 16.6. The highest BCUT2D eigenvalue weighted by atomic mass is 32.2. The van der Waals surface area contributed by atoms with E-state index in [9.17, 15) is 13.2 Å². The monoisotopic (exact) mass is 456 g/mol. The summed E-state index contributed by atoms with van der Waals surface area (Å²) in [6.07, 6.45) is 3.40. The van der Waals surface area contributed by atoms with E-state index in [0.29, 0.717) is 44.3 Å². The molecule has 32 heavy (non-hydrogen) atoms. The van der Waals surface area contributed by atoms with Crippen molar-refractivity contribution in [3.8, 4) is 0 Å². The van der Waals surface area contributed by atoms with Crippen molar-refractivity contribution >= 4 is 15.9 Å². The molecule has 0 aromatic heterocycles.